The van der Waals surface area contributed by atoms with Crippen LogP contribution in [0.4, 0.5) is 5.82 Å². The van der Waals surface area contributed by atoms with E-state index < -0.39 is 0 Å². The van der Waals surface area contributed by atoms with Crippen LogP contribution in [0.2, 0.25) is 0 Å². The van der Waals surface area contributed by atoms with Gasteiger partial charge < -0.3 is 10.1 Å². The van der Waals surface area contributed by atoms with Crippen molar-refractivity contribution in [3.63, 3.8) is 0 Å². The van der Waals surface area contributed by atoms with Gasteiger partial charge in [-0.15, -0.1) is 0 Å². The first-order valence-corrected chi connectivity index (χ1v) is 9.11. The van der Waals surface area contributed by atoms with E-state index >= 15 is 0 Å². The summed E-state index contributed by atoms with van der Waals surface area (Å²) >= 11 is 0. The summed E-state index contributed by atoms with van der Waals surface area (Å²) in [5.41, 5.74) is 1.85. The molecule has 0 bridgehead atoms. The number of methoxy groups -OCH3 is 1. The van der Waals surface area contributed by atoms with Gasteiger partial charge in [-0.2, -0.15) is 10.2 Å². The van der Waals surface area contributed by atoms with E-state index in [1.807, 2.05) is 41.2 Å². The largest absolute Gasteiger partial charge is 0.496 e. The Bertz CT molecular complexity index is 899. The number of para-hydroxylation sites is 1. The molecule has 0 saturated heterocycles. The van der Waals surface area contributed by atoms with Crippen molar-refractivity contribution in [2.24, 2.45) is 0 Å². The molecule has 3 aromatic rings. The van der Waals surface area contributed by atoms with Gasteiger partial charge in [0.1, 0.15) is 18.1 Å². The van der Waals surface area contributed by atoms with Gasteiger partial charge in [-0.05, 0) is 19.4 Å². The van der Waals surface area contributed by atoms with E-state index in [4.69, 9.17) is 4.74 Å². The van der Waals surface area contributed by atoms with Gasteiger partial charge in [0.15, 0.2) is 0 Å². The topological polar surface area (TPSA) is 74.0 Å². The summed E-state index contributed by atoms with van der Waals surface area (Å²) in [6, 6.07) is 9.78. The van der Waals surface area contributed by atoms with Crippen LogP contribution in [0.3, 0.4) is 0 Å². The lowest BCUT2D eigenvalue weighted by atomic mass is 10.1. The second-order valence-electron chi connectivity index (χ2n) is 6.47. The normalized spacial score (nSPS) is 12.0. The Labute approximate surface area is 159 Å². The first-order chi connectivity index (χ1) is 13.1. The van der Waals surface area contributed by atoms with Crippen molar-refractivity contribution in [3.05, 3.63) is 48.9 Å². The van der Waals surface area contributed by atoms with Crippen molar-refractivity contribution in [3.8, 4) is 16.9 Å². The summed E-state index contributed by atoms with van der Waals surface area (Å²) in [4.78, 5) is 12.4. The van der Waals surface area contributed by atoms with Crippen LogP contribution in [0, 0.1) is 0 Å². The molecule has 0 saturated carbocycles. The first kappa shape index (κ1) is 18.7. The second kappa shape index (κ2) is 8.53. The fourth-order valence-corrected chi connectivity index (χ4v) is 3.11. The minimum atomic E-state index is -0.143. The Morgan fingerprint density at radius 3 is 2.85 bits per heavy atom. The van der Waals surface area contributed by atoms with Crippen molar-refractivity contribution in [2.45, 2.75) is 39.3 Å². The van der Waals surface area contributed by atoms with Gasteiger partial charge in [0.25, 0.3) is 0 Å². The molecule has 0 aliphatic carbocycles. The molecule has 0 spiro atoms. The SMILES string of the molecule is CCCC(C)n1nccc1NC(=O)Cn1cc(-c2ccccc2OC)cn1. The highest BCUT2D eigenvalue weighted by Crippen LogP contribution is 2.28. The molecular weight excluding hydrogens is 342 g/mol. The number of benzene rings is 1. The van der Waals surface area contributed by atoms with Crippen LogP contribution < -0.4 is 10.1 Å². The van der Waals surface area contributed by atoms with Gasteiger partial charge in [-0.3, -0.25) is 9.48 Å². The maximum atomic E-state index is 12.4. The molecular formula is C20H25N5O2. The van der Waals surface area contributed by atoms with Crippen LogP contribution in [0.25, 0.3) is 11.1 Å². The summed E-state index contributed by atoms with van der Waals surface area (Å²) in [5, 5.41) is 11.6. The zero-order valence-corrected chi connectivity index (χ0v) is 15.9. The number of nitrogens with one attached hydrogen (secondary N) is 1. The minimum absolute atomic E-state index is 0.127. The van der Waals surface area contributed by atoms with Crippen LogP contribution in [0.1, 0.15) is 32.7 Å². The van der Waals surface area contributed by atoms with Crippen LogP contribution >= 0.6 is 0 Å². The van der Waals surface area contributed by atoms with Crippen molar-refractivity contribution in [1.29, 1.82) is 0 Å². The van der Waals surface area contributed by atoms with Crippen LogP contribution in [0.15, 0.2) is 48.9 Å². The number of hydrogen-bond donors (Lipinski definition) is 1. The lowest BCUT2D eigenvalue weighted by Crippen LogP contribution is -2.22. The number of aromatic nitrogens is 4. The highest BCUT2D eigenvalue weighted by atomic mass is 16.5. The predicted molar refractivity (Wildman–Crippen MR) is 105 cm³/mol. The Morgan fingerprint density at radius 1 is 1.26 bits per heavy atom. The summed E-state index contributed by atoms with van der Waals surface area (Å²) in [5.74, 6) is 1.34. The summed E-state index contributed by atoms with van der Waals surface area (Å²) in [7, 11) is 1.64. The summed E-state index contributed by atoms with van der Waals surface area (Å²) in [6.45, 7) is 4.36. The second-order valence-corrected chi connectivity index (χ2v) is 6.47. The lowest BCUT2D eigenvalue weighted by Gasteiger charge is -2.15. The molecule has 1 unspecified atom stereocenters. The van der Waals surface area contributed by atoms with Crippen LogP contribution in [-0.2, 0) is 11.3 Å². The van der Waals surface area contributed by atoms with E-state index in [1.54, 1.807) is 24.2 Å². The smallest absolute Gasteiger partial charge is 0.247 e. The third-order valence-corrected chi connectivity index (χ3v) is 4.42. The van der Waals surface area contributed by atoms with E-state index in [1.165, 1.54) is 0 Å². The number of hydrogen-bond acceptors (Lipinski definition) is 4. The van der Waals surface area contributed by atoms with E-state index in [9.17, 15) is 4.79 Å². The van der Waals surface area contributed by atoms with Crippen molar-refractivity contribution >= 4 is 11.7 Å². The zero-order valence-electron chi connectivity index (χ0n) is 15.9. The van der Waals surface area contributed by atoms with E-state index in [-0.39, 0.29) is 18.5 Å². The minimum Gasteiger partial charge on any atom is -0.496 e. The molecule has 1 atom stereocenters. The van der Waals surface area contributed by atoms with E-state index in [2.05, 4.69) is 29.4 Å². The molecule has 0 aliphatic rings. The van der Waals surface area contributed by atoms with Crippen LogP contribution in [0.5, 0.6) is 5.75 Å². The van der Waals surface area contributed by atoms with Gasteiger partial charge in [-0.25, -0.2) is 4.68 Å². The van der Waals surface area contributed by atoms with Gasteiger partial charge in [0.2, 0.25) is 5.91 Å². The zero-order chi connectivity index (χ0) is 19.2. The quantitative estimate of drug-likeness (QED) is 0.658. The Hall–Kier alpha value is -3.09. The molecule has 27 heavy (non-hydrogen) atoms. The van der Waals surface area contributed by atoms with Crippen molar-refractivity contribution in [1.82, 2.24) is 19.6 Å². The first-order valence-electron chi connectivity index (χ1n) is 9.11. The molecule has 142 valence electrons. The average Bonchev–Trinajstić information content (AvgIpc) is 3.31. The molecule has 7 heteroatoms. The Kier molecular flexibility index (Phi) is 5.90. The standard InChI is InChI=1S/C20H25N5O2/c1-4-7-15(2)25-19(10-11-21-25)23-20(26)14-24-13-16(12-22-24)17-8-5-6-9-18(17)27-3/h5-6,8-13,15H,4,7,14H2,1-3H3,(H,23,26). The number of amides is 1. The Morgan fingerprint density at radius 2 is 2.07 bits per heavy atom. The third-order valence-electron chi connectivity index (χ3n) is 4.42. The summed E-state index contributed by atoms with van der Waals surface area (Å²) < 4.78 is 8.86. The van der Waals surface area contributed by atoms with E-state index in [0.717, 1.165) is 29.7 Å². The molecule has 7 nitrogen and oxygen atoms in total. The van der Waals surface area contributed by atoms with Crippen LogP contribution in [-0.4, -0.2) is 32.6 Å². The molecule has 0 fully saturated rings. The predicted octanol–water partition coefficient (Wildman–Crippen LogP) is 3.76. The van der Waals surface area contributed by atoms with Gasteiger partial charge >= 0.3 is 0 Å². The van der Waals surface area contributed by atoms with Gasteiger partial charge in [0, 0.05) is 23.4 Å². The third kappa shape index (κ3) is 4.36. The molecule has 1 N–H and O–H groups in total. The average molecular weight is 367 g/mol. The molecule has 3 rings (SSSR count). The van der Waals surface area contributed by atoms with Crippen molar-refractivity contribution in [2.75, 3.05) is 12.4 Å². The van der Waals surface area contributed by atoms with E-state index in [0.29, 0.717) is 5.82 Å². The molecule has 2 heterocycles. The summed E-state index contributed by atoms with van der Waals surface area (Å²) in [6.07, 6.45) is 7.35. The Balaban J connectivity index is 1.68. The monoisotopic (exact) mass is 367 g/mol. The fraction of sp³-hybridized carbons (Fsp3) is 0.350. The maximum absolute atomic E-state index is 12.4. The fourth-order valence-electron chi connectivity index (χ4n) is 3.11. The number of ether oxygens (including phenoxy) is 1. The maximum Gasteiger partial charge on any atom is 0.247 e. The molecule has 0 aliphatic heterocycles. The molecule has 2 aromatic heterocycles. The van der Waals surface area contributed by atoms with Gasteiger partial charge in [0.05, 0.1) is 25.5 Å². The lowest BCUT2D eigenvalue weighted by molar-refractivity contribution is -0.117. The number of anilines is 1. The number of rotatable bonds is 8. The number of nitrogens with zero attached hydrogens (tertiary/aromatic N) is 4. The molecule has 1 amide bonds. The van der Waals surface area contributed by atoms with Crippen molar-refractivity contribution < 1.29 is 9.53 Å². The highest BCUT2D eigenvalue weighted by Gasteiger charge is 2.13. The number of carbonyl (C=O) groups is 1. The van der Waals surface area contributed by atoms with Gasteiger partial charge in [-0.1, -0.05) is 31.5 Å². The molecule has 0 radical (unpaired) electrons. The highest BCUT2D eigenvalue weighted by molar-refractivity contribution is 5.89. The molecule has 1 aromatic carbocycles. The number of carbonyl (C=O) groups excluding carboxylic acids is 1.